The third kappa shape index (κ3) is 3.25. The highest BCUT2D eigenvalue weighted by Gasteiger charge is 2.32. The summed E-state index contributed by atoms with van der Waals surface area (Å²) in [7, 11) is 0. The van der Waals surface area contributed by atoms with Crippen molar-refractivity contribution in [3.8, 4) is 0 Å². The van der Waals surface area contributed by atoms with Crippen molar-refractivity contribution in [2.24, 2.45) is 0 Å². The van der Waals surface area contributed by atoms with Crippen LogP contribution in [0.1, 0.15) is 43.0 Å². The van der Waals surface area contributed by atoms with Crippen molar-refractivity contribution >= 4 is 0 Å². The predicted molar refractivity (Wildman–Crippen MR) is 62.2 cm³/mol. The molecule has 0 bridgehead atoms. The number of likely N-dealkylation sites (tertiary alicyclic amines) is 1. The normalized spacial score (nSPS) is 22.3. The van der Waals surface area contributed by atoms with Crippen LogP contribution >= 0.6 is 0 Å². The molecule has 0 spiro atoms. The van der Waals surface area contributed by atoms with Crippen molar-refractivity contribution in [1.29, 1.82) is 0 Å². The first kappa shape index (κ1) is 13.4. The average Bonchev–Trinajstić information content (AvgIpc) is 2.72. The molecule has 0 aromatic carbocycles. The SMILES string of the molecule is Cc1cn[nH]c1[C@H]1CCCCN1CCC(F)(F)F. The van der Waals surface area contributed by atoms with E-state index in [1.807, 2.05) is 11.8 Å². The van der Waals surface area contributed by atoms with Crippen molar-refractivity contribution in [3.05, 3.63) is 17.5 Å². The maximum atomic E-state index is 12.3. The molecule has 3 nitrogen and oxygen atoms in total. The van der Waals surface area contributed by atoms with Gasteiger partial charge < -0.3 is 0 Å². The quantitative estimate of drug-likeness (QED) is 0.906. The lowest BCUT2D eigenvalue weighted by atomic mass is 9.97. The lowest BCUT2D eigenvalue weighted by Gasteiger charge is -2.35. The summed E-state index contributed by atoms with van der Waals surface area (Å²) in [5.41, 5.74) is 2.00. The number of H-pyrrole nitrogens is 1. The van der Waals surface area contributed by atoms with Crippen LogP contribution in [0.25, 0.3) is 0 Å². The summed E-state index contributed by atoms with van der Waals surface area (Å²) in [4.78, 5) is 1.93. The molecule has 2 heterocycles. The molecule has 0 radical (unpaired) electrons. The van der Waals surface area contributed by atoms with E-state index in [4.69, 9.17) is 0 Å². The molecule has 6 heteroatoms. The van der Waals surface area contributed by atoms with Gasteiger partial charge in [-0.05, 0) is 31.9 Å². The Morgan fingerprint density at radius 2 is 2.22 bits per heavy atom. The van der Waals surface area contributed by atoms with Gasteiger partial charge in [-0.15, -0.1) is 0 Å². The van der Waals surface area contributed by atoms with Crippen LogP contribution in [-0.2, 0) is 0 Å². The van der Waals surface area contributed by atoms with Crippen LogP contribution in [0.15, 0.2) is 6.20 Å². The number of nitrogens with one attached hydrogen (secondary N) is 1. The smallest absolute Gasteiger partial charge is 0.294 e. The highest BCUT2D eigenvalue weighted by Crippen LogP contribution is 2.32. The van der Waals surface area contributed by atoms with E-state index in [1.54, 1.807) is 6.20 Å². The van der Waals surface area contributed by atoms with Crippen molar-refractivity contribution in [3.63, 3.8) is 0 Å². The average molecular weight is 261 g/mol. The standard InChI is InChI=1S/C12H18F3N3/c1-9-8-16-17-11(9)10-4-2-3-6-18(10)7-5-12(13,14)15/h8,10H,2-7H2,1H3,(H,16,17)/t10-/m1/s1. The summed E-state index contributed by atoms with van der Waals surface area (Å²) >= 11 is 0. The second kappa shape index (κ2) is 5.30. The molecule has 2 rings (SSSR count). The number of aromatic amines is 1. The lowest BCUT2D eigenvalue weighted by Crippen LogP contribution is -2.36. The van der Waals surface area contributed by atoms with Gasteiger partial charge in [0.15, 0.2) is 0 Å². The van der Waals surface area contributed by atoms with Crippen LogP contribution in [0.4, 0.5) is 13.2 Å². The van der Waals surface area contributed by atoms with Gasteiger partial charge in [0.2, 0.25) is 0 Å². The number of alkyl halides is 3. The van der Waals surface area contributed by atoms with Gasteiger partial charge in [-0.1, -0.05) is 6.42 Å². The molecule has 0 unspecified atom stereocenters. The summed E-state index contributed by atoms with van der Waals surface area (Å²) in [6, 6.07) is 0.0589. The van der Waals surface area contributed by atoms with E-state index in [-0.39, 0.29) is 12.6 Å². The Bertz CT molecular complexity index is 386. The Labute approximate surface area is 104 Å². The third-order valence-electron chi connectivity index (χ3n) is 3.50. The molecular formula is C12H18F3N3. The predicted octanol–water partition coefficient (Wildman–Crippen LogP) is 3.20. The highest BCUT2D eigenvalue weighted by atomic mass is 19.4. The number of halogens is 3. The van der Waals surface area contributed by atoms with Gasteiger partial charge in [0.05, 0.1) is 24.4 Å². The van der Waals surface area contributed by atoms with E-state index in [2.05, 4.69) is 10.2 Å². The van der Waals surface area contributed by atoms with Gasteiger partial charge in [-0.3, -0.25) is 10.00 Å². The zero-order chi connectivity index (χ0) is 13.2. The number of hydrogen-bond acceptors (Lipinski definition) is 2. The first-order valence-electron chi connectivity index (χ1n) is 6.28. The van der Waals surface area contributed by atoms with Crippen LogP contribution in [0.2, 0.25) is 0 Å². The summed E-state index contributed by atoms with van der Waals surface area (Å²) in [5, 5.41) is 6.90. The Morgan fingerprint density at radius 3 is 2.83 bits per heavy atom. The van der Waals surface area contributed by atoms with Gasteiger partial charge >= 0.3 is 6.18 Å². The molecule has 1 aromatic rings. The molecule has 0 saturated carbocycles. The van der Waals surface area contributed by atoms with E-state index in [9.17, 15) is 13.2 Å². The van der Waals surface area contributed by atoms with Crippen molar-refractivity contribution in [2.75, 3.05) is 13.1 Å². The minimum Gasteiger partial charge on any atom is -0.294 e. The number of nitrogens with zero attached hydrogens (tertiary/aromatic N) is 2. The topological polar surface area (TPSA) is 31.9 Å². The van der Waals surface area contributed by atoms with Gasteiger partial charge in [0.25, 0.3) is 0 Å². The number of hydrogen-bond donors (Lipinski definition) is 1. The number of rotatable bonds is 3. The molecule has 1 N–H and O–H groups in total. The summed E-state index contributed by atoms with van der Waals surface area (Å²) in [5.74, 6) is 0. The van der Waals surface area contributed by atoms with Crippen molar-refractivity contribution < 1.29 is 13.2 Å². The summed E-state index contributed by atoms with van der Waals surface area (Å²) in [6.45, 7) is 2.75. The molecule has 1 fully saturated rings. The molecule has 1 atom stereocenters. The van der Waals surface area contributed by atoms with Crippen LogP contribution in [0.3, 0.4) is 0 Å². The van der Waals surface area contributed by atoms with Crippen LogP contribution in [0.5, 0.6) is 0 Å². The monoisotopic (exact) mass is 261 g/mol. The summed E-state index contributed by atoms with van der Waals surface area (Å²) < 4.78 is 36.9. The van der Waals surface area contributed by atoms with Crippen molar-refractivity contribution in [1.82, 2.24) is 15.1 Å². The lowest BCUT2D eigenvalue weighted by molar-refractivity contribution is -0.140. The zero-order valence-corrected chi connectivity index (χ0v) is 10.4. The van der Waals surface area contributed by atoms with E-state index in [1.165, 1.54) is 0 Å². The second-order valence-corrected chi connectivity index (χ2v) is 4.88. The van der Waals surface area contributed by atoms with Crippen molar-refractivity contribution in [2.45, 2.75) is 44.8 Å². The number of piperidine rings is 1. The Kier molecular flexibility index (Phi) is 3.94. The van der Waals surface area contributed by atoms with Gasteiger partial charge in [-0.2, -0.15) is 18.3 Å². The van der Waals surface area contributed by atoms with E-state index >= 15 is 0 Å². The Balaban J connectivity index is 2.05. The summed E-state index contributed by atoms with van der Waals surface area (Å²) in [6.07, 6.45) is -0.151. The second-order valence-electron chi connectivity index (χ2n) is 4.88. The zero-order valence-electron chi connectivity index (χ0n) is 10.4. The highest BCUT2D eigenvalue weighted by molar-refractivity contribution is 5.18. The number of aromatic nitrogens is 2. The molecule has 1 aliphatic rings. The Morgan fingerprint density at radius 1 is 1.44 bits per heavy atom. The molecule has 18 heavy (non-hydrogen) atoms. The van der Waals surface area contributed by atoms with E-state index < -0.39 is 12.6 Å². The molecule has 0 amide bonds. The van der Waals surface area contributed by atoms with Gasteiger partial charge in [0.1, 0.15) is 0 Å². The fraction of sp³-hybridized carbons (Fsp3) is 0.750. The van der Waals surface area contributed by atoms with Crippen LogP contribution in [-0.4, -0.2) is 34.4 Å². The van der Waals surface area contributed by atoms with E-state index in [0.29, 0.717) is 0 Å². The Hall–Kier alpha value is -1.04. The molecule has 0 aliphatic carbocycles. The minimum atomic E-state index is -4.08. The fourth-order valence-electron chi connectivity index (χ4n) is 2.55. The minimum absolute atomic E-state index is 0.0589. The molecular weight excluding hydrogens is 243 g/mol. The maximum Gasteiger partial charge on any atom is 0.390 e. The first-order chi connectivity index (χ1) is 8.47. The molecule has 1 saturated heterocycles. The molecule has 102 valence electrons. The molecule has 1 aliphatic heterocycles. The molecule has 1 aromatic heterocycles. The fourth-order valence-corrected chi connectivity index (χ4v) is 2.55. The van der Waals surface area contributed by atoms with E-state index in [0.717, 1.165) is 37.1 Å². The van der Waals surface area contributed by atoms with Gasteiger partial charge in [0, 0.05) is 6.54 Å². The van der Waals surface area contributed by atoms with Crippen LogP contribution in [0, 0.1) is 6.92 Å². The number of aryl methyl sites for hydroxylation is 1. The van der Waals surface area contributed by atoms with Crippen LogP contribution < -0.4 is 0 Å². The van der Waals surface area contributed by atoms with Gasteiger partial charge in [-0.25, -0.2) is 0 Å². The first-order valence-corrected chi connectivity index (χ1v) is 6.28. The maximum absolute atomic E-state index is 12.3. The largest absolute Gasteiger partial charge is 0.390 e. The third-order valence-corrected chi connectivity index (χ3v) is 3.50.